The predicted octanol–water partition coefficient (Wildman–Crippen LogP) is 2.20. The van der Waals surface area contributed by atoms with Crippen molar-refractivity contribution in [3.05, 3.63) is 22.2 Å². The van der Waals surface area contributed by atoms with Crippen LogP contribution in [0.5, 0.6) is 0 Å². The summed E-state index contributed by atoms with van der Waals surface area (Å²) in [5, 5.41) is 2.99. The number of likely N-dealkylation sites (tertiary alicyclic amines) is 1. The maximum Gasteiger partial charge on any atom is 0.247 e. The van der Waals surface area contributed by atoms with Crippen LogP contribution in [0.25, 0.3) is 0 Å². The normalized spacial score (nSPS) is 21.0. The number of carbonyl (C=O) groups excluding carboxylic acids is 1. The SMILES string of the molecule is O=C(NCCN1CCCCC1)C1=CC=C(Br)C1. The fraction of sp³-hybridized carbons (Fsp3) is 0.615. The third-order valence-electron chi connectivity index (χ3n) is 3.28. The Balaban J connectivity index is 1.63. The van der Waals surface area contributed by atoms with Crippen molar-refractivity contribution in [2.75, 3.05) is 26.2 Å². The number of rotatable bonds is 4. The second-order valence-electron chi connectivity index (χ2n) is 4.64. The van der Waals surface area contributed by atoms with Crippen molar-refractivity contribution in [1.29, 1.82) is 0 Å². The summed E-state index contributed by atoms with van der Waals surface area (Å²) < 4.78 is 1.08. The van der Waals surface area contributed by atoms with E-state index in [1.54, 1.807) is 0 Å². The smallest absolute Gasteiger partial charge is 0.247 e. The van der Waals surface area contributed by atoms with Gasteiger partial charge in [0.25, 0.3) is 0 Å². The van der Waals surface area contributed by atoms with E-state index >= 15 is 0 Å². The van der Waals surface area contributed by atoms with Gasteiger partial charge in [-0.25, -0.2) is 0 Å². The molecule has 3 nitrogen and oxygen atoms in total. The van der Waals surface area contributed by atoms with E-state index in [0.29, 0.717) is 0 Å². The van der Waals surface area contributed by atoms with Crippen molar-refractivity contribution >= 4 is 21.8 Å². The number of allylic oxidation sites excluding steroid dienone is 3. The first-order chi connectivity index (χ1) is 8.25. The van der Waals surface area contributed by atoms with E-state index in [2.05, 4.69) is 26.1 Å². The number of halogens is 1. The number of nitrogens with zero attached hydrogens (tertiary/aromatic N) is 1. The highest BCUT2D eigenvalue weighted by Gasteiger charge is 2.14. The third-order valence-corrected chi connectivity index (χ3v) is 3.82. The first-order valence-electron chi connectivity index (χ1n) is 6.31. The first-order valence-corrected chi connectivity index (χ1v) is 7.11. The zero-order valence-corrected chi connectivity index (χ0v) is 11.6. The van der Waals surface area contributed by atoms with Gasteiger partial charge in [-0.3, -0.25) is 4.79 Å². The van der Waals surface area contributed by atoms with Crippen molar-refractivity contribution in [2.24, 2.45) is 0 Å². The van der Waals surface area contributed by atoms with Crippen LogP contribution in [0, 0.1) is 0 Å². The molecule has 4 heteroatoms. The summed E-state index contributed by atoms with van der Waals surface area (Å²) in [4.78, 5) is 14.2. The number of piperidine rings is 1. The van der Waals surface area contributed by atoms with Crippen molar-refractivity contribution in [2.45, 2.75) is 25.7 Å². The lowest BCUT2D eigenvalue weighted by Crippen LogP contribution is -2.37. The van der Waals surface area contributed by atoms with Crippen molar-refractivity contribution in [3.8, 4) is 0 Å². The summed E-state index contributed by atoms with van der Waals surface area (Å²) in [6.07, 6.45) is 8.52. The minimum Gasteiger partial charge on any atom is -0.351 e. The van der Waals surface area contributed by atoms with Gasteiger partial charge in [0, 0.05) is 25.1 Å². The van der Waals surface area contributed by atoms with Crippen molar-refractivity contribution < 1.29 is 4.79 Å². The Bertz CT molecular complexity index is 343. The average Bonchev–Trinajstić information content (AvgIpc) is 2.77. The third kappa shape index (κ3) is 3.96. The molecule has 0 atom stereocenters. The van der Waals surface area contributed by atoms with Crippen LogP contribution in [0.4, 0.5) is 0 Å². The van der Waals surface area contributed by atoms with Crippen LogP contribution in [-0.4, -0.2) is 37.0 Å². The van der Waals surface area contributed by atoms with Crippen LogP contribution in [-0.2, 0) is 4.79 Å². The number of hydrogen-bond acceptors (Lipinski definition) is 2. The number of carbonyl (C=O) groups is 1. The Hall–Kier alpha value is -0.610. The molecule has 0 aromatic heterocycles. The number of nitrogens with one attached hydrogen (secondary N) is 1. The zero-order valence-electron chi connectivity index (χ0n) is 10.0. The Morgan fingerprint density at radius 2 is 2.06 bits per heavy atom. The fourth-order valence-corrected chi connectivity index (χ4v) is 2.71. The van der Waals surface area contributed by atoms with Crippen LogP contribution in [0.3, 0.4) is 0 Å². The second kappa shape index (κ2) is 6.36. The van der Waals surface area contributed by atoms with E-state index in [4.69, 9.17) is 0 Å². The molecule has 0 radical (unpaired) electrons. The van der Waals surface area contributed by atoms with Crippen LogP contribution in [0.1, 0.15) is 25.7 Å². The van der Waals surface area contributed by atoms with E-state index in [1.807, 2.05) is 12.2 Å². The molecule has 0 aromatic carbocycles. The highest BCUT2D eigenvalue weighted by molar-refractivity contribution is 9.11. The van der Waals surface area contributed by atoms with Gasteiger partial charge in [0.15, 0.2) is 0 Å². The van der Waals surface area contributed by atoms with Gasteiger partial charge in [0.2, 0.25) is 5.91 Å². The fourth-order valence-electron chi connectivity index (χ4n) is 2.27. The maximum absolute atomic E-state index is 11.8. The van der Waals surface area contributed by atoms with Gasteiger partial charge in [0.1, 0.15) is 0 Å². The van der Waals surface area contributed by atoms with E-state index in [-0.39, 0.29) is 5.91 Å². The summed E-state index contributed by atoms with van der Waals surface area (Å²) in [6, 6.07) is 0. The molecule has 2 rings (SSSR count). The summed E-state index contributed by atoms with van der Waals surface area (Å²) in [5.74, 6) is 0.0766. The lowest BCUT2D eigenvalue weighted by Gasteiger charge is -2.26. The molecule has 0 spiro atoms. The molecule has 0 aromatic rings. The molecule has 94 valence electrons. The van der Waals surface area contributed by atoms with Crippen LogP contribution >= 0.6 is 15.9 Å². The van der Waals surface area contributed by atoms with Gasteiger partial charge in [0.05, 0.1) is 0 Å². The molecular weight excluding hydrogens is 280 g/mol. The van der Waals surface area contributed by atoms with Gasteiger partial charge in [-0.2, -0.15) is 0 Å². The molecule has 1 amide bonds. The van der Waals surface area contributed by atoms with Crippen molar-refractivity contribution in [1.82, 2.24) is 10.2 Å². The van der Waals surface area contributed by atoms with Gasteiger partial charge in [-0.1, -0.05) is 34.5 Å². The van der Waals surface area contributed by atoms with E-state index in [0.717, 1.165) is 29.6 Å². The molecule has 0 unspecified atom stereocenters. The molecule has 2 aliphatic rings. The largest absolute Gasteiger partial charge is 0.351 e. The molecule has 1 heterocycles. The zero-order chi connectivity index (χ0) is 12.1. The van der Waals surface area contributed by atoms with Crippen LogP contribution in [0.15, 0.2) is 22.2 Å². The lowest BCUT2D eigenvalue weighted by molar-refractivity contribution is -0.117. The van der Waals surface area contributed by atoms with Gasteiger partial charge >= 0.3 is 0 Å². The van der Waals surface area contributed by atoms with E-state index in [9.17, 15) is 4.79 Å². The van der Waals surface area contributed by atoms with Crippen molar-refractivity contribution in [3.63, 3.8) is 0 Å². The average molecular weight is 299 g/mol. The van der Waals surface area contributed by atoms with E-state index in [1.165, 1.54) is 32.4 Å². The summed E-state index contributed by atoms with van der Waals surface area (Å²) in [6.45, 7) is 4.11. The molecule has 1 saturated heterocycles. The molecule has 1 aliphatic carbocycles. The molecule has 1 aliphatic heterocycles. The standard InChI is InChI=1S/C13H19BrN2O/c14-12-5-4-11(10-12)13(17)15-6-9-16-7-2-1-3-8-16/h4-5H,1-3,6-10H2,(H,15,17). The number of amides is 1. The quantitative estimate of drug-likeness (QED) is 0.863. The van der Waals surface area contributed by atoms with Crippen LogP contribution in [0.2, 0.25) is 0 Å². The molecule has 1 fully saturated rings. The first kappa shape index (κ1) is 12.8. The molecule has 1 N–H and O–H groups in total. The monoisotopic (exact) mass is 298 g/mol. The van der Waals surface area contributed by atoms with Gasteiger partial charge in [-0.05, 0) is 30.4 Å². The Labute approximate surface area is 111 Å². The predicted molar refractivity (Wildman–Crippen MR) is 73.0 cm³/mol. The molecule has 17 heavy (non-hydrogen) atoms. The lowest BCUT2D eigenvalue weighted by atomic mass is 10.1. The second-order valence-corrected chi connectivity index (χ2v) is 5.66. The molecule has 0 saturated carbocycles. The molecular formula is C13H19BrN2O. The maximum atomic E-state index is 11.8. The Kier molecular flexibility index (Phi) is 4.80. The van der Waals surface area contributed by atoms with Gasteiger partial charge in [-0.15, -0.1) is 0 Å². The Morgan fingerprint density at radius 1 is 1.29 bits per heavy atom. The minimum atomic E-state index is 0.0766. The van der Waals surface area contributed by atoms with E-state index < -0.39 is 0 Å². The number of hydrogen-bond donors (Lipinski definition) is 1. The highest BCUT2D eigenvalue weighted by Crippen LogP contribution is 2.23. The molecule has 0 bridgehead atoms. The van der Waals surface area contributed by atoms with Crippen LogP contribution < -0.4 is 5.32 Å². The minimum absolute atomic E-state index is 0.0766. The summed E-state index contributed by atoms with van der Waals surface area (Å²) >= 11 is 3.40. The highest BCUT2D eigenvalue weighted by atomic mass is 79.9. The van der Waals surface area contributed by atoms with Gasteiger partial charge < -0.3 is 10.2 Å². The Morgan fingerprint density at radius 3 is 2.71 bits per heavy atom. The summed E-state index contributed by atoms with van der Waals surface area (Å²) in [7, 11) is 0. The summed E-state index contributed by atoms with van der Waals surface area (Å²) in [5.41, 5.74) is 0.857. The topological polar surface area (TPSA) is 32.3 Å².